The molecule has 3 heterocycles. The van der Waals surface area contributed by atoms with E-state index in [2.05, 4.69) is 35.8 Å². The molecule has 0 spiro atoms. The van der Waals surface area contributed by atoms with Gasteiger partial charge in [0.1, 0.15) is 12.4 Å². The Morgan fingerprint density at radius 2 is 2.00 bits per heavy atom. The van der Waals surface area contributed by atoms with Gasteiger partial charge in [-0.1, -0.05) is 32.0 Å². The van der Waals surface area contributed by atoms with Gasteiger partial charge in [0.05, 0.1) is 6.61 Å². The lowest BCUT2D eigenvalue weighted by molar-refractivity contribution is -0.153. The molecule has 0 unspecified atom stereocenters. The molecule has 1 aromatic carbocycles. The molecule has 3 saturated heterocycles. The average molecular weight is 415 g/mol. The number of aliphatic hydroxyl groups is 1. The minimum absolute atomic E-state index is 0.0330. The van der Waals surface area contributed by atoms with Gasteiger partial charge in [0.2, 0.25) is 5.91 Å². The number of para-hydroxylation sites is 1. The van der Waals surface area contributed by atoms with Crippen molar-refractivity contribution in [3.05, 3.63) is 29.8 Å². The predicted octanol–water partition coefficient (Wildman–Crippen LogP) is 3.70. The van der Waals surface area contributed by atoms with Gasteiger partial charge >= 0.3 is 0 Å². The number of carbonyl (C=O) groups is 1. The minimum Gasteiger partial charge on any atom is -0.491 e. The summed E-state index contributed by atoms with van der Waals surface area (Å²) in [6.45, 7) is 7.95. The molecule has 3 aliphatic heterocycles. The van der Waals surface area contributed by atoms with Crippen molar-refractivity contribution in [3.63, 3.8) is 0 Å². The molecule has 0 radical (unpaired) electrons. The number of nitrogens with zero attached hydrogens (tertiary/aromatic N) is 2. The molecular formula is C25H38N2O3. The molecule has 1 N–H and O–H groups in total. The van der Waals surface area contributed by atoms with Gasteiger partial charge in [-0.25, -0.2) is 0 Å². The molecule has 30 heavy (non-hydrogen) atoms. The predicted molar refractivity (Wildman–Crippen MR) is 118 cm³/mol. The minimum atomic E-state index is 0.0330. The number of hydrogen-bond donors (Lipinski definition) is 1. The summed E-state index contributed by atoms with van der Waals surface area (Å²) in [6, 6.07) is 9.05. The summed E-state index contributed by atoms with van der Waals surface area (Å²) in [7, 11) is 0. The van der Waals surface area contributed by atoms with Crippen LogP contribution >= 0.6 is 0 Å². The first-order chi connectivity index (χ1) is 14.6. The van der Waals surface area contributed by atoms with Crippen LogP contribution in [0.15, 0.2) is 24.3 Å². The second-order valence-electron chi connectivity index (χ2n) is 9.93. The van der Waals surface area contributed by atoms with Crippen LogP contribution in [-0.2, 0) is 11.3 Å². The van der Waals surface area contributed by atoms with Crippen LogP contribution in [0.3, 0.4) is 0 Å². The zero-order valence-corrected chi connectivity index (χ0v) is 18.6. The summed E-state index contributed by atoms with van der Waals surface area (Å²) in [5.41, 5.74) is 1.20. The highest BCUT2D eigenvalue weighted by Crippen LogP contribution is 2.43. The van der Waals surface area contributed by atoms with Gasteiger partial charge in [-0.05, 0) is 55.9 Å². The topological polar surface area (TPSA) is 53.0 Å². The van der Waals surface area contributed by atoms with Crippen LogP contribution in [0, 0.1) is 17.8 Å². The van der Waals surface area contributed by atoms with Crippen LogP contribution in [0.25, 0.3) is 0 Å². The second-order valence-corrected chi connectivity index (χ2v) is 9.93. The number of ether oxygens (including phenoxy) is 1. The van der Waals surface area contributed by atoms with Crippen molar-refractivity contribution in [3.8, 4) is 5.75 Å². The van der Waals surface area contributed by atoms with Crippen molar-refractivity contribution in [2.75, 3.05) is 26.3 Å². The fourth-order valence-corrected chi connectivity index (χ4v) is 6.05. The summed E-state index contributed by atoms with van der Waals surface area (Å²) in [5.74, 6) is 3.13. The van der Waals surface area contributed by atoms with Crippen molar-refractivity contribution in [2.45, 2.75) is 71.0 Å². The van der Waals surface area contributed by atoms with E-state index in [-0.39, 0.29) is 6.61 Å². The maximum atomic E-state index is 12.9. The Kier molecular flexibility index (Phi) is 6.99. The fraction of sp³-hybridized carbons (Fsp3) is 0.720. The van der Waals surface area contributed by atoms with E-state index in [4.69, 9.17) is 9.84 Å². The van der Waals surface area contributed by atoms with E-state index in [0.717, 1.165) is 44.6 Å². The van der Waals surface area contributed by atoms with E-state index in [1.165, 1.54) is 24.8 Å². The highest BCUT2D eigenvalue weighted by Gasteiger charge is 2.48. The largest absolute Gasteiger partial charge is 0.491 e. The monoisotopic (exact) mass is 414 g/mol. The van der Waals surface area contributed by atoms with Crippen molar-refractivity contribution in [1.29, 1.82) is 0 Å². The lowest BCUT2D eigenvalue weighted by atomic mass is 9.70. The molecule has 3 fully saturated rings. The number of carbonyl (C=O) groups excluding carboxylic acids is 1. The molecule has 166 valence electrons. The summed E-state index contributed by atoms with van der Waals surface area (Å²) in [6.07, 6.45) is 6.58. The summed E-state index contributed by atoms with van der Waals surface area (Å²) >= 11 is 0. The lowest BCUT2D eigenvalue weighted by Crippen LogP contribution is -2.64. The number of aliphatic hydroxyl groups excluding tert-OH is 1. The molecule has 4 atom stereocenters. The summed E-state index contributed by atoms with van der Waals surface area (Å²) in [5, 5.41) is 9.13. The molecule has 2 bridgehead atoms. The number of benzene rings is 1. The Bertz CT molecular complexity index is 722. The quantitative estimate of drug-likeness (QED) is 0.705. The summed E-state index contributed by atoms with van der Waals surface area (Å²) < 4.78 is 5.78. The molecule has 3 aliphatic rings. The average Bonchev–Trinajstić information content (AvgIpc) is 2.73. The van der Waals surface area contributed by atoms with E-state index in [1.54, 1.807) is 0 Å². The van der Waals surface area contributed by atoms with Gasteiger partial charge < -0.3 is 14.7 Å². The van der Waals surface area contributed by atoms with Crippen LogP contribution in [-0.4, -0.2) is 59.2 Å². The highest BCUT2D eigenvalue weighted by atomic mass is 16.5. The van der Waals surface area contributed by atoms with Gasteiger partial charge in [0.15, 0.2) is 0 Å². The van der Waals surface area contributed by atoms with Crippen LogP contribution in [0.4, 0.5) is 0 Å². The van der Waals surface area contributed by atoms with Crippen molar-refractivity contribution in [2.24, 2.45) is 17.8 Å². The second kappa shape index (κ2) is 9.69. The number of piperidine rings is 3. The SMILES string of the molecule is CC(C)CC[C@H]1[C@H]2C[C@H](CN(Cc3ccccc3OCCO)C2)[C@@H]2CCCC(=O)N21. The lowest BCUT2D eigenvalue weighted by Gasteiger charge is -2.57. The molecule has 4 rings (SSSR count). The first-order valence-corrected chi connectivity index (χ1v) is 11.9. The van der Waals surface area contributed by atoms with Crippen LogP contribution in [0.5, 0.6) is 5.75 Å². The number of rotatable bonds is 8. The number of likely N-dealkylation sites (tertiary alicyclic amines) is 1. The Morgan fingerprint density at radius 1 is 1.20 bits per heavy atom. The molecule has 5 heteroatoms. The number of amides is 1. The van der Waals surface area contributed by atoms with Gasteiger partial charge in [0, 0.05) is 43.7 Å². The van der Waals surface area contributed by atoms with Crippen molar-refractivity contribution in [1.82, 2.24) is 9.80 Å². The third kappa shape index (κ3) is 4.67. The summed E-state index contributed by atoms with van der Waals surface area (Å²) in [4.78, 5) is 17.9. The number of hydrogen-bond acceptors (Lipinski definition) is 4. The molecule has 5 nitrogen and oxygen atoms in total. The van der Waals surface area contributed by atoms with Crippen molar-refractivity contribution < 1.29 is 14.6 Å². The normalized spacial score (nSPS) is 29.2. The van der Waals surface area contributed by atoms with Crippen LogP contribution in [0.1, 0.15) is 57.9 Å². The number of fused-ring (bicyclic) bond motifs is 4. The zero-order valence-electron chi connectivity index (χ0n) is 18.6. The van der Waals surface area contributed by atoms with Gasteiger partial charge in [-0.2, -0.15) is 0 Å². The molecular weight excluding hydrogens is 376 g/mol. The Hall–Kier alpha value is -1.59. The van der Waals surface area contributed by atoms with E-state index < -0.39 is 0 Å². The standard InChI is InChI=1S/C25H38N2O3/c1-18(2)10-11-23-21-14-20(22-7-5-9-25(29)27(22)23)16-26(17-21)15-19-6-3-4-8-24(19)30-13-12-28/h3-4,6,8,18,20-23,28H,5,7,9-17H2,1-2H3/t20-,21+,22+,23+/m1/s1. The first-order valence-electron chi connectivity index (χ1n) is 11.9. The molecule has 0 saturated carbocycles. The van der Waals surface area contributed by atoms with Crippen LogP contribution in [0.2, 0.25) is 0 Å². The first kappa shape index (κ1) is 21.6. The molecule has 0 aliphatic carbocycles. The van der Waals surface area contributed by atoms with E-state index in [9.17, 15) is 4.79 Å². The Balaban J connectivity index is 1.51. The molecule has 0 aromatic heterocycles. The fourth-order valence-electron chi connectivity index (χ4n) is 6.05. The van der Waals surface area contributed by atoms with Crippen molar-refractivity contribution >= 4 is 5.91 Å². The zero-order chi connectivity index (χ0) is 21.1. The molecule has 1 amide bonds. The van der Waals surface area contributed by atoms with Crippen LogP contribution < -0.4 is 4.74 Å². The highest BCUT2D eigenvalue weighted by molar-refractivity contribution is 5.78. The van der Waals surface area contributed by atoms with E-state index in [0.29, 0.717) is 42.4 Å². The smallest absolute Gasteiger partial charge is 0.223 e. The van der Waals surface area contributed by atoms with E-state index >= 15 is 0 Å². The maximum absolute atomic E-state index is 12.9. The van der Waals surface area contributed by atoms with Gasteiger partial charge in [0.25, 0.3) is 0 Å². The third-order valence-corrected chi connectivity index (χ3v) is 7.33. The Labute approximate surface area is 181 Å². The van der Waals surface area contributed by atoms with E-state index in [1.807, 2.05) is 12.1 Å². The van der Waals surface area contributed by atoms with Gasteiger partial charge in [-0.15, -0.1) is 0 Å². The van der Waals surface area contributed by atoms with Gasteiger partial charge in [-0.3, -0.25) is 9.69 Å². The Morgan fingerprint density at radius 3 is 2.80 bits per heavy atom. The molecule has 1 aromatic rings. The third-order valence-electron chi connectivity index (χ3n) is 7.33. The maximum Gasteiger partial charge on any atom is 0.223 e.